The van der Waals surface area contributed by atoms with Gasteiger partial charge in [0.25, 0.3) is 0 Å². The van der Waals surface area contributed by atoms with E-state index in [0.29, 0.717) is 10.6 Å². The lowest BCUT2D eigenvalue weighted by Gasteiger charge is -2.16. The zero-order chi connectivity index (χ0) is 17.2. The minimum atomic E-state index is -3.60. The minimum Gasteiger partial charge on any atom is -0.496 e. The summed E-state index contributed by atoms with van der Waals surface area (Å²) < 4.78 is 33.6. The Bertz CT molecular complexity index is 800. The Balaban J connectivity index is 2.37. The van der Waals surface area contributed by atoms with Gasteiger partial charge in [-0.1, -0.05) is 24.3 Å². The standard InChI is InChI=1S/C18H23NO3S/c1-12-10-13(2)15(4)18(14(12)3)23(20,21)19-11-16-8-6-7-9-17(16)22-5/h6-10,19H,11H2,1-5H3. The SMILES string of the molecule is COc1ccccc1CNS(=O)(=O)c1c(C)c(C)cc(C)c1C. The number of para-hydroxylation sites is 1. The van der Waals surface area contributed by atoms with Crippen LogP contribution in [-0.2, 0) is 16.6 Å². The van der Waals surface area contributed by atoms with E-state index in [-0.39, 0.29) is 6.54 Å². The lowest BCUT2D eigenvalue weighted by molar-refractivity contribution is 0.409. The average Bonchev–Trinajstić information content (AvgIpc) is 2.51. The second-order valence-electron chi connectivity index (χ2n) is 5.73. The highest BCUT2D eigenvalue weighted by atomic mass is 32.2. The maximum absolute atomic E-state index is 12.8. The van der Waals surface area contributed by atoms with Crippen LogP contribution in [0.4, 0.5) is 0 Å². The van der Waals surface area contributed by atoms with Gasteiger partial charge in [-0.05, 0) is 56.0 Å². The molecule has 0 atom stereocenters. The van der Waals surface area contributed by atoms with E-state index in [9.17, 15) is 8.42 Å². The normalized spacial score (nSPS) is 11.5. The van der Waals surface area contributed by atoms with Crippen LogP contribution in [0.25, 0.3) is 0 Å². The van der Waals surface area contributed by atoms with Gasteiger partial charge in [0.2, 0.25) is 10.0 Å². The predicted molar refractivity (Wildman–Crippen MR) is 92.4 cm³/mol. The molecular formula is C18H23NO3S. The van der Waals surface area contributed by atoms with Crippen molar-refractivity contribution in [3.63, 3.8) is 0 Å². The first-order chi connectivity index (χ1) is 10.8. The van der Waals surface area contributed by atoms with Crippen LogP contribution in [0.5, 0.6) is 5.75 Å². The lowest BCUT2D eigenvalue weighted by atomic mass is 10.0. The van der Waals surface area contributed by atoms with E-state index in [4.69, 9.17) is 4.74 Å². The van der Waals surface area contributed by atoms with Gasteiger partial charge in [-0.15, -0.1) is 0 Å². The third-order valence-corrected chi connectivity index (χ3v) is 5.89. The van der Waals surface area contributed by atoms with E-state index >= 15 is 0 Å². The molecule has 5 heteroatoms. The summed E-state index contributed by atoms with van der Waals surface area (Å²) in [6, 6.07) is 9.40. The van der Waals surface area contributed by atoms with Crippen LogP contribution in [0, 0.1) is 27.7 Å². The first-order valence-electron chi connectivity index (χ1n) is 7.47. The van der Waals surface area contributed by atoms with Crippen molar-refractivity contribution in [2.75, 3.05) is 7.11 Å². The highest BCUT2D eigenvalue weighted by molar-refractivity contribution is 7.89. The topological polar surface area (TPSA) is 55.4 Å². The van der Waals surface area contributed by atoms with Gasteiger partial charge in [-0.2, -0.15) is 0 Å². The van der Waals surface area contributed by atoms with E-state index in [1.807, 2.05) is 58.0 Å². The molecule has 2 aromatic carbocycles. The number of methoxy groups -OCH3 is 1. The maximum atomic E-state index is 12.8. The van der Waals surface area contributed by atoms with Crippen molar-refractivity contribution in [3.05, 3.63) is 58.1 Å². The third kappa shape index (κ3) is 3.57. The van der Waals surface area contributed by atoms with Crippen molar-refractivity contribution in [2.45, 2.75) is 39.1 Å². The van der Waals surface area contributed by atoms with Gasteiger partial charge in [0.05, 0.1) is 12.0 Å². The third-order valence-electron chi connectivity index (χ3n) is 4.21. The molecule has 0 aromatic heterocycles. The minimum absolute atomic E-state index is 0.193. The van der Waals surface area contributed by atoms with E-state index in [1.54, 1.807) is 7.11 Å². The summed E-state index contributed by atoms with van der Waals surface area (Å²) in [5, 5.41) is 0. The van der Waals surface area contributed by atoms with Crippen LogP contribution in [-0.4, -0.2) is 15.5 Å². The number of rotatable bonds is 5. The van der Waals surface area contributed by atoms with Crippen molar-refractivity contribution < 1.29 is 13.2 Å². The highest BCUT2D eigenvalue weighted by Gasteiger charge is 2.22. The number of sulfonamides is 1. The van der Waals surface area contributed by atoms with Gasteiger partial charge in [0, 0.05) is 12.1 Å². The second-order valence-corrected chi connectivity index (χ2v) is 7.43. The van der Waals surface area contributed by atoms with Crippen molar-refractivity contribution in [1.29, 1.82) is 0 Å². The molecule has 0 bridgehead atoms. The van der Waals surface area contributed by atoms with E-state index in [2.05, 4.69) is 4.72 Å². The summed E-state index contributed by atoms with van der Waals surface area (Å²) in [6.45, 7) is 7.75. The van der Waals surface area contributed by atoms with Gasteiger partial charge in [-0.3, -0.25) is 0 Å². The van der Waals surface area contributed by atoms with Crippen molar-refractivity contribution in [2.24, 2.45) is 0 Å². The van der Waals surface area contributed by atoms with Crippen LogP contribution in [0.3, 0.4) is 0 Å². The number of hydrogen-bond acceptors (Lipinski definition) is 3. The fraction of sp³-hybridized carbons (Fsp3) is 0.333. The highest BCUT2D eigenvalue weighted by Crippen LogP contribution is 2.26. The number of hydrogen-bond donors (Lipinski definition) is 1. The van der Waals surface area contributed by atoms with Gasteiger partial charge in [0.15, 0.2) is 0 Å². The summed E-state index contributed by atoms with van der Waals surface area (Å²) in [6.07, 6.45) is 0. The van der Waals surface area contributed by atoms with Crippen molar-refractivity contribution >= 4 is 10.0 Å². The lowest BCUT2D eigenvalue weighted by Crippen LogP contribution is -2.25. The van der Waals surface area contributed by atoms with E-state index < -0.39 is 10.0 Å². The van der Waals surface area contributed by atoms with E-state index in [1.165, 1.54) is 0 Å². The van der Waals surface area contributed by atoms with Crippen LogP contribution in [0.1, 0.15) is 27.8 Å². The zero-order valence-corrected chi connectivity index (χ0v) is 15.0. The second kappa shape index (κ2) is 6.72. The fourth-order valence-corrected chi connectivity index (χ4v) is 4.30. The molecule has 4 nitrogen and oxygen atoms in total. The van der Waals surface area contributed by atoms with Gasteiger partial charge in [-0.25, -0.2) is 13.1 Å². The molecule has 0 spiro atoms. The molecule has 0 saturated heterocycles. The molecule has 0 aliphatic carbocycles. The van der Waals surface area contributed by atoms with Crippen LogP contribution < -0.4 is 9.46 Å². The Morgan fingerprint density at radius 3 is 2.13 bits per heavy atom. The summed E-state index contributed by atoms with van der Waals surface area (Å²) >= 11 is 0. The monoisotopic (exact) mass is 333 g/mol. The largest absolute Gasteiger partial charge is 0.496 e. The predicted octanol–water partition coefficient (Wildman–Crippen LogP) is 3.41. The molecule has 124 valence electrons. The van der Waals surface area contributed by atoms with Crippen LogP contribution >= 0.6 is 0 Å². The van der Waals surface area contributed by atoms with Crippen molar-refractivity contribution in [1.82, 2.24) is 4.72 Å². The number of nitrogens with one attached hydrogen (secondary N) is 1. The molecule has 0 heterocycles. The first-order valence-corrected chi connectivity index (χ1v) is 8.95. The number of aryl methyl sites for hydroxylation is 2. The quantitative estimate of drug-likeness (QED) is 0.912. The van der Waals surface area contributed by atoms with Gasteiger partial charge in [0.1, 0.15) is 5.75 Å². The van der Waals surface area contributed by atoms with E-state index in [0.717, 1.165) is 27.8 Å². The summed E-state index contributed by atoms with van der Waals surface area (Å²) in [4.78, 5) is 0.380. The zero-order valence-electron chi connectivity index (χ0n) is 14.2. The van der Waals surface area contributed by atoms with Gasteiger partial charge < -0.3 is 4.74 Å². The molecule has 0 saturated carbocycles. The number of ether oxygens (including phenoxy) is 1. The Kier molecular flexibility index (Phi) is 5.12. The maximum Gasteiger partial charge on any atom is 0.241 e. The molecule has 0 aliphatic rings. The Morgan fingerprint density at radius 1 is 1.00 bits per heavy atom. The summed E-state index contributed by atoms with van der Waals surface area (Å²) in [7, 11) is -2.02. The molecule has 0 amide bonds. The van der Waals surface area contributed by atoms with Crippen molar-refractivity contribution in [3.8, 4) is 5.75 Å². The Hall–Kier alpha value is -1.85. The molecular weight excluding hydrogens is 310 g/mol. The van der Waals surface area contributed by atoms with Crippen LogP contribution in [0.15, 0.2) is 35.2 Å². The molecule has 0 fully saturated rings. The molecule has 1 N–H and O–H groups in total. The number of benzene rings is 2. The molecule has 2 aromatic rings. The Morgan fingerprint density at radius 2 is 1.57 bits per heavy atom. The Labute approximate surface area is 138 Å². The van der Waals surface area contributed by atoms with Crippen LogP contribution in [0.2, 0.25) is 0 Å². The molecule has 0 radical (unpaired) electrons. The fourth-order valence-electron chi connectivity index (χ4n) is 2.68. The summed E-state index contributed by atoms with van der Waals surface area (Å²) in [5.74, 6) is 0.670. The summed E-state index contributed by atoms with van der Waals surface area (Å²) in [5.41, 5.74) is 4.34. The smallest absolute Gasteiger partial charge is 0.241 e. The van der Waals surface area contributed by atoms with Gasteiger partial charge >= 0.3 is 0 Å². The molecule has 0 aliphatic heterocycles. The first kappa shape index (κ1) is 17.5. The molecule has 23 heavy (non-hydrogen) atoms. The molecule has 2 rings (SSSR count). The average molecular weight is 333 g/mol. The molecule has 0 unspecified atom stereocenters.